The lowest BCUT2D eigenvalue weighted by atomic mass is 10.1. The van der Waals surface area contributed by atoms with Crippen molar-refractivity contribution in [2.24, 2.45) is 0 Å². The summed E-state index contributed by atoms with van der Waals surface area (Å²) in [6.45, 7) is 2.90. The van der Waals surface area contributed by atoms with Gasteiger partial charge in [-0.3, -0.25) is 14.9 Å². The van der Waals surface area contributed by atoms with Gasteiger partial charge in [-0.25, -0.2) is 0 Å². The van der Waals surface area contributed by atoms with Gasteiger partial charge in [0.25, 0.3) is 0 Å². The summed E-state index contributed by atoms with van der Waals surface area (Å²) >= 11 is 0.958. The van der Waals surface area contributed by atoms with Crippen molar-refractivity contribution in [2.75, 3.05) is 7.11 Å². The van der Waals surface area contributed by atoms with Crippen LogP contribution in [0.15, 0.2) is 24.3 Å². The Morgan fingerprint density at radius 2 is 2.06 bits per heavy atom. The van der Waals surface area contributed by atoms with E-state index < -0.39 is 11.3 Å². The Morgan fingerprint density at radius 3 is 2.56 bits per heavy atom. The Balaban J connectivity index is 3.16. The average Bonchev–Trinajstić information content (AvgIpc) is 2.34. The first-order valence-corrected chi connectivity index (χ1v) is 6.29. The smallest absolute Gasteiger partial charge is 0.226 e. The molecule has 0 fully saturated rings. The Hall–Kier alpha value is -1.56. The van der Waals surface area contributed by atoms with Crippen LogP contribution in [0.1, 0.15) is 24.7 Å². The van der Waals surface area contributed by atoms with Gasteiger partial charge in [-0.15, -0.1) is 0 Å². The van der Waals surface area contributed by atoms with Crippen molar-refractivity contribution in [3.8, 4) is 5.75 Å². The number of rotatable bonds is 5. The van der Waals surface area contributed by atoms with Crippen LogP contribution in [0.4, 0.5) is 0 Å². The highest BCUT2D eigenvalue weighted by Gasteiger charge is 2.32. The summed E-state index contributed by atoms with van der Waals surface area (Å²) in [4.78, 5) is 21.8. The van der Waals surface area contributed by atoms with Crippen LogP contribution in [0, 0.1) is 10.1 Å². The number of hydrogen-bond donors (Lipinski definition) is 0. The number of benzene rings is 1. The number of carbonyl (C=O) groups is 1. The average molecular weight is 269 g/mol. The lowest BCUT2D eigenvalue weighted by molar-refractivity contribution is -0.518. The maximum absolute atomic E-state index is 11.3. The molecule has 0 aliphatic heterocycles. The normalized spacial score (nSPS) is 13.7. The van der Waals surface area contributed by atoms with Crippen LogP contribution < -0.4 is 4.74 Å². The van der Waals surface area contributed by atoms with Crippen LogP contribution in [-0.2, 0) is 4.79 Å². The number of para-hydroxylation sites is 1. The molecule has 0 unspecified atom stereocenters. The van der Waals surface area contributed by atoms with Gasteiger partial charge >= 0.3 is 0 Å². The molecule has 18 heavy (non-hydrogen) atoms. The fraction of sp³-hybridized carbons (Fsp3) is 0.417. The number of hydrogen-bond acceptors (Lipinski definition) is 5. The van der Waals surface area contributed by atoms with Crippen molar-refractivity contribution in [3.05, 3.63) is 39.9 Å². The summed E-state index contributed by atoms with van der Waals surface area (Å²) < 4.78 is 5.19. The van der Waals surface area contributed by atoms with Gasteiger partial charge in [0.15, 0.2) is 5.12 Å². The molecule has 0 N–H and O–H groups in total. The van der Waals surface area contributed by atoms with E-state index in [2.05, 4.69) is 0 Å². The first kappa shape index (κ1) is 14.5. The maximum atomic E-state index is 11.3. The molecule has 0 bridgehead atoms. The summed E-state index contributed by atoms with van der Waals surface area (Å²) in [6.07, 6.45) is 0. The van der Waals surface area contributed by atoms with Gasteiger partial charge in [0, 0.05) is 24.3 Å². The van der Waals surface area contributed by atoms with Gasteiger partial charge in [-0.05, 0) is 6.07 Å². The van der Waals surface area contributed by atoms with Crippen LogP contribution in [0.3, 0.4) is 0 Å². The Morgan fingerprint density at radius 1 is 1.44 bits per heavy atom. The van der Waals surface area contributed by atoms with E-state index >= 15 is 0 Å². The number of nitro groups is 1. The summed E-state index contributed by atoms with van der Waals surface area (Å²) in [5, 5.41) is 10.2. The first-order chi connectivity index (χ1) is 8.47. The molecule has 0 aliphatic carbocycles. The molecule has 1 rings (SSSR count). The second-order valence-electron chi connectivity index (χ2n) is 3.80. The van der Waals surface area contributed by atoms with Crippen molar-refractivity contribution in [2.45, 2.75) is 25.1 Å². The topological polar surface area (TPSA) is 69.4 Å². The molecule has 1 aromatic carbocycles. The van der Waals surface area contributed by atoms with Crippen molar-refractivity contribution >= 4 is 16.9 Å². The summed E-state index contributed by atoms with van der Waals surface area (Å²) in [5.74, 6) is 0.560. The zero-order chi connectivity index (χ0) is 13.7. The summed E-state index contributed by atoms with van der Waals surface area (Å²) in [7, 11) is 1.51. The van der Waals surface area contributed by atoms with E-state index in [1.807, 2.05) is 0 Å². The van der Waals surface area contributed by atoms with E-state index in [4.69, 9.17) is 4.74 Å². The molecule has 0 amide bonds. The number of carbonyl (C=O) groups excluding carboxylic acids is 1. The molecule has 5 nitrogen and oxygen atoms in total. The van der Waals surface area contributed by atoms with E-state index in [0.29, 0.717) is 11.3 Å². The van der Waals surface area contributed by atoms with Gasteiger partial charge in [0.2, 0.25) is 6.04 Å². The predicted molar refractivity (Wildman–Crippen MR) is 70.5 cm³/mol. The minimum atomic E-state index is -0.866. The fourth-order valence-electron chi connectivity index (χ4n) is 1.61. The van der Waals surface area contributed by atoms with Crippen LogP contribution in [-0.4, -0.2) is 23.2 Å². The van der Waals surface area contributed by atoms with Gasteiger partial charge < -0.3 is 4.74 Å². The highest BCUT2D eigenvalue weighted by molar-refractivity contribution is 8.13. The molecule has 0 heterocycles. The van der Waals surface area contributed by atoms with Gasteiger partial charge in [0.1, 0.15) is 11.0 Å². The summed E-state index contributed by atoms with van der Waals surface area (Å²) in [6, 6.07) is 6.18. The van der Waals surface area contributed by atoms with E-state index in [1.54, 1.807) is 24.3 Å². The second-order valence-corrected chi connectivity index (χ2v) is 5.12. The Labute approximate surface area is 110 Å². The lowest BCUT2D eigenvalue weighted by Crippen LogP contribution is -2.23. The molecular weight excluding hydrogens is 254 g/mol. The van der Waals surface area contributed by atoms with E-state index in [1.165, 1.54) is 21.0 Å². The molecule has 0 radical (unpaired) electrons. The van der Waals surface area contributed by atoms with Crippen LogP contribution in [0.2, 0.25) is 0 Å². The first-order valence-electron chi connectivity index (χ1n) is 5.41. The number of ether oxygens (including phenoxy) is 1. The molecular formula is C12H15NO4S. The van der Waals surface area contributed by atoms with Crippen LogP contribution in [0.25, 0.3) is 0 Å². The Kier molecular flexibility index (Phi) is 5.15. The third-order valence-corrected chi connectivity index (χ3v) is 3.74. The standard InChI is InChI=1S/C12H15NO4S/c1-8(13(15)16)12(18-9(2)14)10-6-4-5-7-11(10)17-3/h4-8,12H,1-3H3/t8-,12-/m1/s1. The molecule has 0 saturated carbocycles. The molecule has 6 heteroatoms. The van der Waals surface area contributed by atoms with Crippen molar-refractivity contribution in [1.82, 2.24) is 0 Å². The highest BCUT2D eigenvalue weighted by atomic mass is 32.2. The van der Waals surface area contributed by atoms with Crippen molar-refractivity contribution in [1.29, 1.82) is 0 Å². The Bertz CT molecular complexity index is 449. The summed E-state index contributed by atoms with van der Waals surface area (Å²) in [5.41, 5.74) is 0.671. The van der Waals surface area contributed by atoms with Crippen LogP contribution in [0.5, 0.6) is 5.75 Å². The molecule has 0 aliphatic rings. The van der Waals surface area contributed by atoms with Gasteiger partial charge in [-0.2, -0.15) is 0 Å². The quantitative estimate of drug-likeness (QED) is 0.607. The van der Waals surface area contributed by atoms with E-state index in [0.717, 1.165) is 11.8 Å². The lowest BCUT2D eigenvalue weighted by Gasteiger charge is -2.19. The second kappa shape index (κ2) is 6.39. The molecule has 0 saturated heterocycles. The minimum Gasteiger partial charge on any atom is -0.496 e. The largest absolute Gasteiger partial charge is 0.496 e. The number of nitrogens with zero attached hydrogens (tertiary/aromatic N) is 1. The van der Waals surface area contributed by atoms with Crippen molar-refractivity contribution in [3.63, 3.8) is 0 Å². The number of methoxy groups -OCH3 is 1. The molecule has 1 aromatic rings. The molecule has 98 valence electrons. The van der Waals surface area contributed by atoms with Crippen molar-refractivity contribution < 1.29 is 14.5 Å². The van der Waals surface area contributed by atoms with Gasteiger partial charge in [-0.1, -0.05) is 30.0 Å². The van der Waals surface area contributed by atoms with Gasteiger partial charge in [0.05, 0.1) is 7.11 Å². The molecule has 0 spiro atoms. The maximum Gasteiger partial charge on any atom is 0.226 e. The third kappa shape index (κ3) is 3.46. The molecule has 2 atom stereocenters. The minimum absolute atomic E-state index is 0.153. The monoisotopic (exact) mass is 269 g/mol. The fourth-order valence-corrected chi connectivity index (χ4v) is 2.59. The third-order valence-electron chi connectivity index (χ3n) is 2.51. The zero-order valence-corrected chi connectivity index (χ0v) is 11.3. The van der Waals surface area contributed by atoms with Crippen LogP contribution >= 0.6 is 11.8 Å². The zero-order valence-electron chi connectivity index (χ0n) is 10.5. The SMILES string of the molecule is COc1ccccc1[C@H](SC(C)=O)[C@@H](C)[N+](=O)[O-]. The molecule has 0 aromatic heterocycles. The van der Waals surface area contributed by atoms with E-state index in [-0.39, 0.29) is 10.0 Å². The predicted octanol–water partition coefficient (Wildman–Crippen LogP) is 2.68. The number of thioether (sulfide) groups is 1. The highest BCUT2D eigenvalue weighted by Crippen LogP contribution is 2.38. The van der Waals surface area contributed by atoms with E-state index in [9.17, 15) is 14.9 Å².